The first kappa shape index (κ1) is 12.6. The normalized spacial score (nSPS) is 11.3. The van der Waals surface area contributed by atoms with Crippen molar-refractivity contribution >= 4 is 16.0 Å². The molecule has 1 aromatic heterocycles. The van der Waals surface area contributed by atoms with Crippen molar-refractivity contribution in [2.45, 2.75) is 13.5 Å². The third-order valence-electron chi connectivity index (χ3n) is 1.92. The molecule has 0 radical (unpaired) electrons. The van der Waals surface area contributed by atoms with Crippen LogP contribution in [-0.4, -0.2) is 30.2 Å². The molecule has 88 valence electrons. The van der Waals surface area contributed by atoms with Crippen molar-refractivity contribution in [2.75, 3.05) is 5.75 Å². The Morgan fingerprint density at radius 1 is 1.56 bits per heavy atom. The monoisotopic (exact) mass is 244 g/mol. The molecule has 0 amide bonds. The lowest BCUT2D eigenvalue weighted by Gasteiger charge is -2.04. The summed E-state index contributed by atoms with van der Waals surface area (Å²) in [6.07, 6.45) is 1.33. The van der Waals surface area contributed by atoms with Crippen LogP contribution in [0.15, 0.2) is 18.3 Å². The smallest absolute Gasteiger partial charge is 0.335 e. The number of hydrogen-bond donors (Lipinski definition) is 2. The summed E-state index contributed by atoms with van der Waals surface area (Å²) in [7, 11) is -3.29. The number of carboxylic acid groups (broad SMARTS) is 1. The topological polar surface area (TPSA) is 96.4 Å². The molecule has 1 aromatic rings. The summed E-state index contributed by atoms with van der Waals surface area (Å²) in [6, 6.07) is 2.68. The highest BCUT2D eigenvalue weighted by atomic mass is 32.2. The highest BCUT2D eigenvalue weighted by molar-refractivity contribution is 7.89. The summed E-state index contributed by atoms with van der Waals surface area (Å²) in [5.41, 5.74) is 0.456. The molecule has 0 spiro atoms. The number of carboxylic acids is 1. The molecule has 2 N–H and O–H groups in total. The van der Waals surface area contributed by atoms with Gasteiger partial charge in [0.15, 0.2) is 0 Å². The van der Waals surface area contributed by atoms with Crippen molar-refractivity contribution in [3.05, 3.63) is 29.6 Å². The van der Waals surface area contributed by atoms with Crippen molar-refractivity contribution < 1.29 is 18.3 Å². The highest BCUT2D eigenvalue weighted by Gasteiger charge is 2.08. The lowest BCUT2D eigenvalue weighted by molar-refractivity contribution is 0.0696. The van der Waals surface area contributed by atoms with Crippen molar-refractivity contribution in [1.29, 1.82) is 0 Å². The van der Waals surface area contributed by atoms with Crippen LogP contribution >= 0.6 is 0 Å². The van der Waals surface area contributed by atoms with Crippen LogP contribution in [0.25, 0.3) is 0 Å². The van der Waals surface area contributed by atoms with Gasteiger partial charge in [-0.05, 0) is 19.1 Å². The van der Waals surface area contributed by atoms with Gasteiger partial charge in [0.1, 0.15) is 0 Å². The zero-order valence-corrected chi connectivity index (χ0v) is 9.49. The molecule has 0 bridgehead atoms. The fourth-order valence-electron chi connectivity index (χ4n) is 0.994. The predicted octanol–water partition coefficient (Wildman–Crippen LogP) is 0.219. The highest BCUT2D eigenvalue weighted by Crippen LogP contribution is 2.02. The van der Waals surface area contributed by atoms with Gasteiger partial charge in [-0.3, -0.25) is 4.98 Å². The molecule has 0 aliphatic heterocycles. The number of hydrogen-bond acceptors (Lipinski definition) is 4. The van der Waals surface area contributed by atoms with E-state index < -0.39 is 16.0 Å². The maximum atomic E-state index is 11.1. The molecule has 1 rings (SSSR count). The van der Waals surface area contributed by atoms with Crippen LogP contribution < -0.4 is 4.72 Å². The maximum Gasteiger partial charge on any atom is 0.335 e. The molecule has 0 saturated carbocycles. The summed E-state index contributed by atoms with van der Waals surface area (Å²) in [4.78, 5) is 14.5. The van der Waals surface area contributed by atoms with Crippen molar-refractivity contribution in [3.8, 4) is 0 Å². The number of nitrogens with one attached hydrogen (secondary N) is 1. The van der Waals surface area contributed by atoms with Gasteiger partial charge in [-0.25, -0.2) is 17.9 Å². The fourth-order valence-corrected chi connectivity index (χ4v) is 1.57. The van der Waals surface area contributed by atoms with Crippen LogP contribution in [-0.2, 0) is 16.6 Å². The van der Waals surface area contributed by atoms with Crippen molar-refractivity contribution in [2.24, 2.45) is 0 Å². The van der Waals surface area contributed by atoms with Gasteiger partial charge >= 0.3 is 5.97 Å². The van der Waals surface area contributed by atoms with E-state index in [-0.39, 0.29) is 17.9 Å². The molecule has 1 heterocycles. The number of nitrogens with zero attached hydrogens (tertiary/aromatic N) is 1. The summed E-state index contributed by atoms with van der Waals surface area (Å²) < 4.78 is 24.6. The molecule has 0 atom stereocenters. The van der Waals surface area contributed by atoms with Gasteiger partial charge in [-0.1, -0.05) is 0 Å². The minimum Gasteiger partial charge on any atom is -0.478 e. The van der Waals surface area contributed by atoms with Crippen molar-refractivity contribution in [1.82, 2.24) is 9.71 Å². The lowest BCUT2D eigenvalue weighted by Crippen LogP contribution is -2.25. The van der Waals surface area contributed by atoms with E-state index >= 15 is 0 Å². The van der Waals surface area contributed by atoms with E-state index in [2.05, 4.69) is 9.71 Å². The van der Waals surface area contributed by atoms with Gasteiger partial charge in [0.05, 0.1) is 23.6 Å². The number of aromatic carboxylic acids is 1. The number of rotatable bonds is 5. The van der Waals surface area contributed by atoms with E-state index in [1.165, 1.54) is 25.3 Å². The minimum absolute atomic E-state index is 0.00269. The second-order valence-corrected chi connectivity index (χ2v) is 5.16. The fraction of sp³-hybridized carbons (Fsp3) is 0.333. The molecule has 0 aromatic carbocycles. The van der Waals surface area contributed by atoms with E-state index in [4.69, 9.17) is 5.11 Å². The average molecular weight is 244 g/mol. The second-order valence-electron chi connectivity index (χ2n) is 3.07. The number of pyridine rings is 1. The zero-order chi connectivity index (χ0) is 12.2. The lowest BCUT2D eigenvalue weighted by atomic mass is 10.2. The van der Waals surface area contributed by atoms with E-state index in [1.807, 2.05) is 0 Å². The van der Waals surface area contributed by atoms with E-state index in [9.17, 15) is 13.2 Å². The molecule has 0 saturated heterocycles. The third kappa shape index (κ3) is 3.59. The predicted molar refractivity (Wildman–Crippen MR) is 57.5 cm³/mol. The van der Waals surface area contributed by atoms with Gasteiger partial charge in [0, 0.05) is 6.20 Å². The Hall–Kier alpha value is -1.47. The minimum atomic E-state index is -3.29. The van der Waals surface area contributed by atoms with Gasteiger partial charge in [-0.2, -0.15) is 0 Å². The Kier molecular flexibility index (Phi) is 3.97. The first-order valence-corrected chi connectivity index (χ1v) is 6.25. The molecule has 16 heavy (non-hydrogen) atoms. The largest absolute Gasteiger partial charge is 0.478 e. The SMILES string of the molecule is CCS(=O)(=O)NCc1cc(C(=O)O)ccn1. The van der Waals surface area contributed by atoms with Gasteiger partial charge in [0.2, 0.25) is 10.0 Å². The van der Waals surface area contributed by atoms with Crippen molar-refractivity contribution in [3.63, 3.8) is 0 Å². The number of sulfonamides is 1. The molecular weight excluding hydrogens is 232 g/mol. The Morgan fingerprint density at radius 3 is 2.81 bits per heavy atom. The average Bonchev–Trinajstić information content (AvgIpc) is 2.27. The quantitative estimate of drug-likeness (QED) is 0.772. The van der Waals surface area contributed by atoms with Crippen LogP contribution in [0.4, 0.5) is 0 Å². The molecule has 7 heteroatoms. The number of aromatic nitrogens is 1. The maximum absolute atomic E-state index is 11.1. The Bertz CT molecular complexity index is 484. The molecule has 0 fully saturated rings. The Labute approximate surface area is 93.4 Å². The summed E-state index contributed by atoms with van der Waals surface area (Å²) in [5.74, 6) is -1.09. The van der Waals surface area contributed by atoms with E-state index in [0.29, 0.717) is 5.69 Å². The number of carbonyl (C=O) groups is 1. The van der Waals surface area contributed by atoms with Crippen LogP contribution in [0.5, 0.6) is 0 Å². The third-order valence-corrected chi connectivity index (χ3v) is 3.26. The standard InChI is InChI=1S/C9H12N2O4S/c1-2-16(14,15)11-6-8-5-7(9(12)13)3-4-10-8/h3-5,11H,2,6H2,1H3,(H,12,13). The summed E-state index contributed by atoms with van der Waals surface area (Å²) in [6.45, 7) is 1.51. The first-order valence-electron chi connectivity index (χ1n) is 4.60. The van der Waals surface area contributed by atoms with Crippen LogP contribution in [0.3, 0.4) is 0 Å². The van der Waals surface area contributed by atoms with E-state index in [0.717, 1.165) is 0 Å². The van der Waals surface area contributed by atoms with Gasteiger partial charge < -0.3 is 5.11 Å². The van der Waals surface area contributed by atoms with Gasteiger partial charge in [0.25, 0.3) is 0 Å². The molecule has 0 aliphatic rings. The Balaban J connectivity index is 2.75. The van der Waals surface area contributed by atoms with Gasteiger partial charge in [-0.15, -0.1) is 0 Å². The van der Waals surface area contributed by atoms with Crippen LogP contribution in [0.1, 0.15) is 23.0 Å². The second kappa shape index (κ2) is 5.04. The van der Waals surface area contributed by atoms with E-state index in [1.54, 1.807) is 0 Å². The molecule has 6 nitrogen and oxygen atoms in total. The molecule has 0 aliphatic carbocycles. The summed E-state index contributed by atoms with van der Waals surface area (Å²) in [5, 5.41) is 8.72. The first-order chi connectivity index (χ1) is 7.44. The zero-order valence-electron chi connectivity index (χ0n) is 8.67. The Morgan fingerprint density at radius 2 is 2.25 bits per heavy atom. The van der Waals surface area contributed by atoms with Crippen LogP contribution in [0, 0.1) is 0 Å². The molecule has 0 unspecified atom stereocenters. The molecular formula is C9H12N2O4S. The van der Waals surface area contributed by atoms with Crippen LogP contribution in [0.2, 0.25) is 0 Å². The summed E-state index contributed by atoms with van der Waals surface area (Å²) >= 11 is 0.